The van der Waals surface area contributed by atoms with E-state index < -0.39 is 6.16 Å². The number of carboxylic acid groups (broad SMARTS) is 1. The van der Waals surface area contributed by atoms with Crippen LogP contribution >= 0.6 is 22.9 Å². The molecule has 1 aromatic carbocycles. The zero-order valence-electron chi connectivity index (χ0n) is 11.9. The second kappa shape index (κ2) is 6.02. The molecule has 0 saturated heterocycles. The van der Waals surface area contributed by atoms with Gasteiger partial charge in [-0.05, 0) is 24.6 Å². The topological polar surface area (TPSA) is 92.3 Å². The van der Waals surface area contributed by atoms with Gasteiger partial charge in [-0.15, -0.1) is 0 Å². The molecule has 2 aromatic heterocycles. The molecule has 0 amide bonds. The monoisotopic (exact) mass is 350 g/mol. The van der Waals surface area contributed by atoms with Crippen molar-refractivity contribution in [3.05, 3.63) is 56.6 Å². The van der Waals surface area contributed by atoms with Crippen LogP contribution in [0.15, 0.2) is 29.1 Å². The van der Waals surface area contributed by atoms with Gasteiger partial charge in [0.25, 0.3) is 5.56 Å². The Kier molecular flexibility index (Phi) is 4.06. The van der Waals surface area contributed by atoms with Crippen molar-refractivity contribution >= 4 is 39.3 Å². The van der Waals surface area contributed by atoms with Crippen molar-refractivity contribution in [3.63, 3.8) is 0 Å². The van der Waals surface area contributed by atoms with Crippen LogP contribution in [-0.2, 0) is 6.42 Å². The first-order valence-electron chi connectivity index (χ1n) is 6.61. The van der Waals surface area contributed by atoms with Crippen molar-refractivity contribution in [2.24, 2.45) is 0 Å². The maximum absolute atomic E-state index is 12.3. The van der Waals surface area contributed by atoms with E-state index in [0.29, 0.717) is 33.0 Å². The first-order chi connectivity index (χ1) is 10.9. The number of nitrogens with one attached hydrogen (secondary N) is 1. The number of aryl methyl sites for hydroxylation is 1. The lowest BCUT2D eigenvalue weighted by molar-refractivity contribution is 0.145. The van der Waals surface area contributed by atoms with Crippen LogP contribution in [0.2, 0.25) is 5.02 Å². The van der Waals surface area contributed by atoms with E-state index >= 15 is 0 Å². The molecule has 3 rings (SSSR count). The van der Waals surface area contributed by atoms with Gasteiger partial charge in [-0.3, -0.25) is 4.79 Å². The Hall–Kier alpha value is -2.38. The summed E-state index contributed by atoms with van der Waals surface area (Å²) in [7, 11) is 0. The molecular formula is C15H11ClN2O4S. The summed E-state index contributed by atoms with van der Waals surface area (Å²) < 4.78 is 4.68. The highest BCUT2D eigenvalue weighted by Crippen LogP contribution is 2.34. The highest BCUT2D eigenvalue weighted by molar-refractivity contribution is 7.20. The van der Waals surface area contributed by atoms with Gasteiger partial charge in [-0.2, -0.15) is 0 Å². The summed E-state index contributed by atoms with van der Waals surface area (Å²) in [6, 6.07) is 7.27. The summed E-state index contributed by atoms with van der Waals surface area (Å²) in [5.41, 5.74) is 1.06. The Morgan fingerprint density at radius 2 is 2.26 bits per heavy atom. The van der Waals surface area contributed by atoms with Crippen molar-refractivity contribution in [1.29, 1.82) is 0 Å². The van der Waals surface area contributed by atoms with Crippen molar-refractivity contribution in [2.75, 3.05) is 0 Å². The molecule has 0 radical (unpaired) electrons. The van der Waals surface area contributed by atoms with E-state index in [1.807, 2.05) is 12.1 Å². The van der Waals surface area contributed by atoms with Gasteiger partial charge >= 0.3 is 6.16 Å². The molecule has 0 atom stereocenters. The lowest BCUT2D eigenvalue weighted by Crippen LogP contribution is -2.12. The molecule has 0 bridgehead atoms. The van der Waals surface area contributed by atoms with Gasteiger partial charge in [0.15, 0.2) is 5.06 Å². The first kappa shape index (κ1) is 15.5. The number of aromatic nitrogens is 2. The molecule has 2 heterocycles. The quantitative estimate of drug-likeness (QED) is 0.704. The average molecular weight is 351 g/mol. The van der Waals surface area contributed by atoms with Crippen LogP contribution in [0.25, 0.3) is 10.2 Å². The fourth-order valence-corrected chi connectivity index (χ4v) is 3.53. The largest absolute Gasteiger partial charge is 0.512 e. The number of thiophene rings is 1. The molecule has 0 saturated carbocycles. The molecule has 118 valence electrons. The summed E-state index contributed by atoms with van der Waals surface area (Å²) in [5, 5.41) is 9.84. The minimum absolute atomic E-state index is 0.158. The number of fused-ring (bicyclic) bond motifs is 1. The van der Waals surface area contributed by atoms with Crippen LogP contribution in [0, 0.1) is 6.92 Å². The number of H-pyrrole nitrogens is 1. The van der Waals surface area contributed by atoms with Gasteiger partial charge in [0.2, 0.25) is 0 Å². The van der Waals surface area contributed by atoms with E-state index in [-0.39, 0.29) is 10.6 Å². The van der Waals surface area contributed by atoms with Crippen LogP contribution < -0.4 is 10.3 Å². The smallest absolute Gasteiger partial charge is 0.449 e. The predicted octanol–water partition coefficient (Wildman–Crippen LogP) is 3.59. The minimum Gasteiger partial charge on any atom is -0.449 e. The molecule has 6 nitrogen and oxygen atoms in total. The van der Waals surface area contributed by atoms with Gasteiger partial charge in [-0.1, -0.05) is 35.1 Å². The zero-order chi connectivity index (χ0) is 16.6. The van der Waals surface area contributed by atoms with Gasteiger partial charge in [0, 0.05) is 17.0 Å². The number of hydrogen-bond acceptors (Lipinski definition) is 5. The van der Waals surface area contributed by atoms with Gasteiger partial charge < -0.3 is 14.8 Å². The zero-order valence-corrected chi connectivity index (χ0v) is 13.5. The standard InChI is InChI=1S/C15H11ClN2O4S/c1-7-11-12(19)17-10(6-8-3-2-4-9(16)5-8)18-13(11)23-14(7)22-15(20)21/h2-5H,6H2,1H3,(H,20,21)(H,17,18,19). The molecule has 0 aliphatic heterocycles. The SMILES string of the molecule is Cc1c(OC(=O)O)sc2nc(Cc3cccc(Cl)c3)[nH]c(=O)c12. The predicted molar refractivity (Wildman–Crippen MR) is 87.9 cm³/mol. The van der Waals surface area contributed by atoms with Crippen LogP contribution in [0.5, 0.6) is 5.06 Å². The average Bonchev–Trinajstić information content (AvgIpc) is 2.74. The molecule has 8 heteroatoms. The van der Waals surface area contributed by atoms with Crippen molar-refractivity contribution in [1.82, 2.24) is 9.97 Å². The Bertz CT molecular complexity index is 964. The van der Waals surface area contributed by atoms with Crippen molar-refractivity contribution < 1.29 is 14.6 Å². The number of carbonyl (C=O) groups is 1. The Balaban J connectivity index is 2.04. The molecular weight excluding hydrogens is 340 g/mol. The van der Waals surface area contributed by atoms with E-state index in [4.69, 9.17) is 16.7 Å². The third kappa shape index (κ3) is 3.20. The van der Waals surface area contributed by atoms with Gasteiger partial charge in [0.05, 0.1) is 5.39 Å². The molecule has 2 N–H and O–H groups in total. The lowest BCUT2D eigenvalue weighted by Gasteiger charge is -2.02. The Labute approximate surface area is 139 Å². The van der Waals surface area contributed by atoms with Crippen molar-refractivity contribution in [2.45, 2.75) is 13.3 Å². The molecule has 0 aliphatic rings. The Morgan fingerprint density at radius 1 is 1.48 bits per heavy atom. The number of nitrogens with zero attached hydrogens (tertiary/aromatic N) is 1. The van der Waals surface area contributed by atoms with E-state index in [2.05, 4.69) is 14.7 Å². The number of hydrogen-bond donors (Lipinski definition) is 2. The third-order valence-corrected chi connectivity index (χ3v) is 4.55. The van der Waals surface area contributed by atoms with E-state index in [9.17, 15) is 9.59 Å². The number of aromatic amines is 1. The van der Waals surface area contributed by atoms with Crippen LogP contribution in [-0.4, -0.2) is 21.2 Å². The van der Waals surface area contributed by atoms with E-state index in [1.165, 1.54) is 0 Å². The number of rotatable bonds is 3. The summed E-state index contributed by atoms with van der Waals surface area (Å²) in [4.78, 5) is 30.5. The van der Waals surface area contributed by atoms with Gasteiger partial charge in [0.1, 0.15) is 10.7 Å². The number of benzene rings is 1. The summed E-state index contributed by atoms with van der Waals surface area (Å²) in [6.07, 6.45) is -1.01. The normalized spacial score (nSPS) is 10.9. The van der Waals surface area contributed by atoms with Crippen LogP contribution in [0.1, 0.15) is 17.0 Å². The second-order valence-electron chi connectivity index (χ2n) is 4.88. The van der Waals surface area contributed by atoms with Gasteiger partial charge in [-0.25, -0.2) is 9.78 Å². The summed E-state index contributed by atoms with van der Waals surface area (Å²) in [5.74, 6) is 0.480. The highest BCUT2D eigenvalue weighted by Gasteiger charge is 2.17. The van der Waals surface area contributed by atoms with Crippen LogP contribution in [0.4, 0.5) is 4.79 Å². The summed E-state index contributed by atoms with van der Waals surface area (Å²) in [6.45, 7) is 1.63. The highest BCUT2D eigenvalue weighted by atomic mass is 35.5. The fraction of sp³-hybridized carbons (Fsp3) is 0.133. The van der Waals surface area contributed by atoms with Crippen LogP contribution in [0.3, 0.4) is 0 Å². The third-order valence-electron chi connectivity index (χ3n) is 3.25. The molecule has 0 unspecified atom stereocenters. The lowest BCUT2D eigenvalue weighted by atomic mass is 10.1. The first-order valence-corrected chi connectivity index (χ1v) is 7.81. The molecule has 0 fully saturated rings. The molecule has 3 aromatic rings. The molecule has 23 heavy (non-hydrogen) atoms. The Morgan fingerprint density at radius 3 is 2.96 bits per heavy atom. The maximum atomic E-state index is 12.3. The van der Waals surface area contributed by atoms with E-state index in [0.717, 1.165) is 16.9 Å². The summed E-state index contributed by atoms with van der Waals surface area (Å²) >= 11 is 6.98. The fourth-order valence-electron chi connectivity index (χ4n) is 2.27. The minimum atomic E-state index is -1.42. The van der Waals surface area contributed by atoms with Crippen molar-refractivity contribution in [3.8, 4) is 5.06 Å². The molecule has 0 spiro atoms. The maximum Gasteiger partial charge on any atom is 0.512 e. The van der Waals surface area contributed by atoms with E-state index in [1.54, 1.807) is 19.1 Å². The number of ether oxygens (including phenoxy) is 1. The second-order valence-corrected chi connectivity index (χ2v) is 6.28. The molecule has 0 aliphatic carbocycles. The number of halogens is 1.